The number of carbonyl (C=O) groups is 1. The van der Waals surface area contributed by atoms with Crippen molar-refractivity contribution in [3.05, 3.63) is 56.1 Å². The monoisotopic (exact) mass is 380 g/mol. The van der Waals surface area contributed by atoms with Crippen LogP contribution >= 0.6 is 23.2 Å². The molecule has 9 heteroatoms. The van der Waals surface area contributed by atoms with Gasteiger partial charge in [0.25, 0.3) is 11.5 Å². The van der Waals surface area contributed by atoms with Crippen LogP contribution in [0.15, 0.2) is 29.2 Å². The zero-order chi connectivity index (χ0) is 18.1. The molecule has 3 rings (SSSR count). The number of rotatable bonds is 4. The lowest BCUT2D eigenvalue weighted by Crippen LogP contribution is -2.17. The van der Waals surface area contributed by atoms with Crippen LogP contribution in [0.3, 0.4) is 0 Å². The number of aromatic nitrogens is 3. The average molecular weight is 381 g/mol. The number of ether oxygens (including phenoxy) is 1. The van der Waals surface area contributed by atoms with Gasteiger partial charge in [-0.1, -0.05) is 30.1 Å². The molecular weight excluding hydrogens is 367 g/mol. The van der Waals surface area contributed by atoms with Crippen LogP contribution < -0.4 is 15.6 Å². The van der Waals surface area contributed by atoms with Gasteiger partial charge >= 0.3 is 0 Å². The van der Waals surface area contributed by atoms with Crippen molar-refractivity contribution in [1.82, 2.24) is 14.6 Å². The Balaban J connectivity index is 2.08. The fourth-order valence-electron chi connectivity index (χ4n) is 2.40. The summed E-state index contributed by atoms with van der Waals surface area (Å²) in [6.07, 6.45) is 1.97. The number of H-pyrrole nitrogens is 1. The summed E-state index contributed by atoms with van der Waals surface area (Å²) in [5.74, 6) is 0.0306. The van der Waals surface area contributed by atoms with E-state index in [1.54, 1.807) is 22.7 Å². The predicted octanol–water partition coefficient (Wildman–Crippen LogP) is 3.15. The number of fused-ring (bicyclic) bond motifs is 1. The van der Waals surface area contributed by atoms with Crippen molar-refractivity contribution < 1.29 is 9.53 Å². The molecule has 130 valence electrons. The second-order valence-corrected chi connectivity index (χ2v) is 5.97. The van der Waals surface area contributed by atoms with Crippen molar-refractivity contribution >= 4 is 40.3 Å². The first kappa shape index (κ1) is 17.3. The van der Waals surface area contributed by atoms with E-state index in [9.17, 15) is 9.59 Å². The van der Waals surface area contributed by atoms with Gasteiger partial charge in [-0.05, 0) is 18.6 Å². The Labute approximate surface area is 152 Å². The van der Waals surface area contributed by atoms with Crippen LogP contribution in [0.25, 0.3) is 5.52 Å². The molecule has 0 aliphatic carbocycles. The molecule has 0 spiro atoms. The number of nitrogens with one attached hydrogen (secondary N) is 2. The molecule has 25 heavy (non-hydrogen) atoms. The molecule has 0 aromatic carbocycles. The van der Waals surface area contributed by atoms with Crippen LogP contribution in [0.2, 0.25) is 10.0 Å². The van der Waals surface area contributed by atoms with Gasteiger partial charge in [0.15, 0.2) is 0 Å². The quantitative estimate of drug-likeness (QED) is 0.727. The second kappa shape index (κ2) is 6.78. The van der Waals surface area contributed by atoms with Crippen molar-refractivity contribution in [1.29, 1.82) is 0 Å². The number of nitrogens with zero attached hydrogens (tertiary/aromatic N) is 2. The summed E-state index contributed by atoms with van der Waals surface area (Å²) >= 11 is 12.0. The zero-order valence-corrected chi connectivity index (χ0v) is 14.9. The van der Waals surface area contributed by atoms with E-state index >= 15 is 0 Å². The second-order valence-electron chi connectivity index (χ2n) is 5.18. The molecule has 0 bridgehead atoms. The number of anilines is 1. The standard InChI is InChI=1S/C16H14Cl2N4O3/c1-3-8-6-11-9(4-5-12(25-2)22(11)21-8)15(23)20-14-10(17)7-19-16(24)13(14)18/h4-7H,3H2,1-2H3,(H2,19,20,23,24). The summed E-state index contributed by atoms with van der Waals surface area (Å²) in [5.41, 5.74) is 1.25. The maximum atomic E-state index is 12.7. The predicted molar refractivity (Wildman–Crippen MR) is 96.2 cm³/mol. The van der Waals surface area contributed by atoms with E-state index in [1.165, 1.54) is 13.3 Å². The minimum atomic E-state index is -0.543. The van der Waals surface area contributed by atoms with E-state index in [-0.39, 0.29) is 15.7 Å². The normalized spacial score (nSPS) is 10.9. The molecule has 0 aliphatic heterocycles. The SMILES string of the molecule is CCc1cc2c(C(=O)Nc3c(Cl)c[nH]c(=O)c3Cl)ccc(OC)n2n1. The first-order valence-electron chi connectivity index (χ1n) is 7.40. The summed E-state index contributed by atoms with van der Waals surface area (Å²) in [6.45, 7) is 1.96. The zero-order valence-electron chi connectivity index (χ0n) is 13.4. The molecule has 0 saturated carbocycles. The van der Waals surface area contributed by atoms with Crippen molar-refractivity contribution in [3.63, 3.8) is 0 Å². The summed E-state index contributed by atoms with van der Waals surface area (Å²) < 4.78 is 6.82. The number of pyridine rings is 2. The minimum Gasteiger partial charge on any atom is -0.481 e. The Morgan fingerprint density at radius 3 is 2.84 bits per heavy atom. The minimum absolute atomic E-state index is 0.0567. The molecule has 0 unspecified atom stereocenters. The number of hydrogen-bond acceptors (Lipinski definition) is 4. The van der Waals surface area contributed by atoms with Crippen LogP contribution in [0.5, 0.6) is 5.88 Å². The average Bonchev–Trinajstić information content (AvgIpc) is 3.05. The number of methoxy groups -OCH3 is 1. The van der Waals surface area contributed by atoms with E-state index in [4.69, 9.17) is 27.9 Å². The lowest BCUT2D eigenvalue weighted by Gasteiger charge is -2.10. The van der Waals surface area contributed by atoms with Gasteiger partial charge in [0, 0.05) is 12.3 Å². The van der Waals surface area contributed by atoms with E-state index in [1.807, 2.05) is 6.92 Å². The molecule has 3 heterocycles. The highest BCUT2D eigenvalue weighted by atomic mass is 35.5. The Morgan fingerprint density at radius 1 is 1.40 bits per heavy atom. The summed E-state index contributed by atoms with van der Waals surface area (Å²) in [6, 6.07) is 5.05. The highest BCUT2D eigenvalue weighted by Gasteiger charge is 2.18. The molecule has 2 N–H and O–H groups in total. The van der Waals surface area contributed by atoms with E-state index < -0.39 is 11.5 Å². The maximum absolute atomic E-state index is 12.7. The highest BCUT2D eigenvalue weighted by molar-refractivity contribution is 6.39. The molecular formula is C16H14Cl2N4O3. The molecule has 3 aromatic heterocycles. The van der Waals surface area contributed by atoms with Crippen LogP contribution in [0, 0.1) is 0 Å². The maximum Gasteiger partial charge on any atom is 0.268 e. The molecule has 0 saturated heterocycles. The first-order valence-corrected chi connectivity index (χ1v) is 8.15. The summed E-state index contributed by atoms with van der Waals surface area (Å²) in [4.78, 5) is 26.7. The van der Waals surface area contributed by atoms with Gasteiger partial charge in [-0.15, -0.1) is 0 Å². The van der Waals surface area contributed by atoms with Gasteiger partial charge in [0.1, 0.15) is 5.02 Å². The Bertz CT molecular complexity index is 1030. The fourth-order valence-corrected chi connectivity index (χ4v) is 2.85. The van der Waals surface area contributed by atoms with Crippen LogP contribution in [-0.4, -0.2) is 27.6 Å². The third-order valence-corrected chi connectivity index (χ3v) is 4.34. The van der Waals surface area contributed by atoms with Crippen molar-refractivity contribution in [2.45, 2.75) is 13.3 Å². The van der Waals surface area contributed by atoms with Gasteiger partial charge in [-0.2, -0.15) is 5.10 Å². The van der Waals surface area contributed by atoms with Crippen LogP contribution in [-0.2, 0) is 6.42 Å². The van der Waals surface area contributed by atoms with E-state index in [0.717, 1.165) is 5.69 Å². The first-order chi connectivity index (χ1) is 12.0. The highest BCUT2D eigenvalue weighted by Crippen LogP contribution is 2.28. The van der Waals surface area contributed by atoms with Gasteiger partial charge in [-0.25, -0.2) is 4.52 Å². The summed E-state index contributed by atoms with van der Waals surface area (Å²) in [5, 5.41) is 6.94. The number of aryl methyl sites for hydroxylation is 1. The van der Waals surface area contributed by atoms with Gasteiger partial charge in [-0.3, -0.25) is 9.59 Å². The fraction of sp³-hybridized carbons (Fsp3) is 0.188. The molecule has 0 aliphatic rings. The Hall–Kier alpha value is -2.51. The third-order valence-electron chi connectivity index (χ3n) is 3.68. The van der Waals surface area contributed by atoms with Gasteiger partial charge in [0.2, 0.25) is 5.88 Å². The molecule has 0 atom stereocenters. The van der Waals surface area contributed by atoms with Gasteiger partial charge < -0.3 is 15.0 Å². The molecule has 0 radical (unpaired) electrons. The molecule has 7 nitrogen and oxygen atoms in total. The molecule has 0 fully saturated rings. The lowest BCUT2D eigenvalue weighted by atomic mass is 10.2. The van der Waals surface area contributed by atoms with Crippen molar-refractivity contribution in [2.24, 2.45) is 0 Å². The Morgan fingerprint density at radius 2 is 2.16 bits per heavy atom. The van der Waals surface area contributed by atoms with Crippen LogP contribution in [0.4, 0.5) is 5.69 Å². The van der Waals surface area contributed by atoms with Gasteiger partial charge in [0.05, 0.1) is 34.6 Å². The largest absolute Gasteiger partial charge is 0.481 e. The smallest absolute Gasteiger partial charge is 0.268 e. The summed E-state index contributed by atoms with van der Waals surface area (Å²) in [7, 11) is 1.53. The molecule has 3 aromatic rings. The number of carbonyl (C=O) groups excluding carboxylic acids is 1. The number of hydrogen-bond donors (Lipinski definition) is 2. The topological polar surface area (TPSA) is 88.5 Å². The number of aromatic amines is 1. The Kier molecular flexibility index (Phi) is 4.69. The third kappa shape index (κ3) is 3.08. The van der Waals surface area contributed by atoms with Crippen LogP contribution in [0.1, 0.15) is 23.0 Å². The molecule has 1 amide bonds. The van der Waals surface area contributed by atoms with Crippen molar-refractivity contribution in [2.75, 3.05) is 12.4 Å². The van der Waals surface area contributed by atoms with E-state index in [2.05, 4.69) is 15.4 Å². The van der Waals surface area contributed by atoms with E-state index in [0.29, 0.717) is 23.4 Å². The number of amides is 1. The number of halogens is 2. The van der Waals surface area contributed by atoms with Crippen molar-refractivity contribution in [3.8, 4) is 5.88 Å². The lowest BCUT2D eigenvalue weighted by molar-refractivity contribution is 0.102.